The van der Waals surface area contributed by atoms with Gasteiger partial charge in [0.05, 0.1) is 18.3 Å². The molecule has 1 N–H and O–H groups in total. The molecule has 1 unspecified atom stereocenters. The SMILES string of the molecule is CC(C(=O)O)C1CN(c2cncc3nnnn23)C1. The number of anilines is 1. The lowest BCUT2D eigenvalue weighted by molar-refractivity contribution is -0.143. The Balaban J connectivity index is 1.79. The summed E-state index contributed by atoms with van der Waals surface area (Å²) < 4.78 is 1.61. The summed E-state index contributed by atoms with van der Waals surface area (Å²) in [4.78, 5) is 17.0. The Morgan fingerprint density at radius 3 is 3.00 bits per heavy atom. The molecule has 0 aliphatic carbocycles. The second-order valence-corrected chi connectivity index (χ2v) is 4.51. The van der Waals surface area contributed by atoms with E-state index < -0.39 is 5.97 Å². The van der Waals surface area contributed by atoms with E-state index in [4.69, 9.17) is 5.11 Å². The van der Waals surface area contributed by atoms with E-state index in [1.165, 1.54) is 0 Å². The van der Waals surface area contributed by atoms with E-state index in [9.17, 15) is 4.79 Å². The summed E-state index contributed by atoms with van der Waals surface area (Å²) in [6, 6.07) is 0. The maximum absolute atomic E-state index is 10.9. The highest BCUT2D eigenvalue weighted by molar-refractivity contribution is 5.70. The third kappa shape index (κ3) is 1.57. The smallest absolute Gasteiger partial charge is 0.306 e. The molecule has 1 atom stereocenters. The Morgan fingerprint density at radius 2 is 2.28 bits per heavy atom. The van der Waals surface area contributed by atoms with Crippen molar-refractivity contribution in [1.29, 1.82) is 0 Å². The maximum Gasteiger partial charge on any atom is 0.306 e. The lowest BCUT2D eigenvalue weighted by Gasteiger charge is -2.42. The normalized spacial score (nSPS) is 17.7. The van der Waals surface area contributed by atoms with Gasteiger partial charge >= 0.3 is 5.97 Å². The largest absolute Gasteiger partial charge is 0.481 e. The summed E-state index contributed by atoms with van der Waals surface area (Å²) in [5, 5.41) is 20.2. The number of tetrazole rings is 1. The van der Waals surface area contributed by atoms with Crippen molar-refractivity contribution < 1.29 is 9.90 Å². The minimum absolute atomic E-state index is 0.161. The van der Waals surface area contributed by atoms with Crippen LogP contribution in [0, 0.1) is 11.8 Å². The van der Waals surface area contributed by atoms with Gasteiger partial charge in [0.25, 0.3) is 0 Å². The lowest BCUT2D eigenvalue weighted by Crippen LogP contribution is -2.51. The lowest BCUT2D eigenvalue weighted by atomic mass is 9.87. The first-order chi connectivity index (χ1) is 8.66. The molecule has 1 aliphatic heterocycles. The number of aliphatic carboxylic acids is 1. The fourth-order valence-corrected chi connectivity index (χ4v) is 2.10. The fourth-order valence-electron chi connectivity index (χ4n) is 2.10. The zero-order valence-corrected chi connectivity index (χ0v) is 9.76. The van der Waals surface area contributed by atoms with E-state index in [0.717, 1.165) is 5.82 Å². The summed E-state index contributed by atoms with van der Waals surface area (Å²) in [6.07, 6.45) is 3.27. The van der Waals surface area contributed by atoms with E-state index >= 15 is 0 Å². The quantitative estimate of drug-likeness (QED) is 0.794. The van der Waals surface area contributed by atoms with Crippen molar-refractivity contribution in [2.45, 2.75) is 6.92 Å². The van der Waals surface area contributed by atoms with Gasteiger partial charge in [-0.2, -0.15) is 4.52 Å². The predicted molar refractivity (Wildman–Crippen MR) is 61.1 cm³/mol. The molecule has 94 valence electrons. The van der Waals surface area contributed by atoms with Gasteiger partial charge in [0, 0.05) is 19.0 Å². The Bertz CT molecular complexity index is 591. The molecule has 0 spiro atoms. The van der Waals surface area contributed by atoms with E-state index in [1.807, 2.05) is 4.90 Å². The molecule has 1 saturated heterocycles. The maximum atomic E-state index is 10.9. The van der Waals surface area contributed by atoms with Gasteiger partial charge in [-0.3, -0.25) is 9.78 Å². The van der Waals surface area contributed by atoms with Gasteiger partial charge in [0.15, 0.2) is 11.5 Å². The number of carboxylic acid groups (broad SMARTS) is 1. The first-order valence-corrected chi connectivity index (χ1v) is 5.66. The topological polar surface area (TPSA) is 96.5 Å². The Morgan fingerprint density at radius 1 is 1.50 bits per heavy atom. The van der Waals surface area contributed by atoms with Gasteiger partial charge < -0.3 is 10.0 Å². The van der Waals surface area contributed by atoms with E-state index in [-0.39, 0.29) is 11.8 Å². The zero-order valence-electron chi connectivity index (χ0n) is 9.76. The number of hydrogen-bond donors (Lipinski definition) is 1. The van der Waals surface area contributed by atoms with Crippen molar-refractivity contribution in [1.82, 2.24) is 25.0 Å². The van der Waals surface area contributed by atoms with Crippen LogP contribution in [-0.2, 0) is 4.79 Å². The summed E-state index contributed by atoms with van der Waals surface area (Å²) >= 11 is 0. The van der Waals surface area contributed by atoms with Crippen LogP contribution < -0.4 is 4.90 Å². The highest BCUT2D eigenvalue weighted by Crippen LogP contribution is 2.28. The molecule has 1 aliphatic rings. The average molecular weight is 248 g/mol. The van der Waals surface area contributed by atoms with Gasteiger partial charge in [-0.1, -0.05) is 6.92 Å². The number of carbonyl (C=O) groups is 1. The zero-order chi connectivity index (χ0) is 12.7. The van der Waals surface area contributed by atoms with E-state index in [2.05, 4.69) is 20.5 Å². The first kappa shape index (κ1) is 10.9. The predicted octanol–water partition coefficient (Wildman–Crippen LogP) is -0.324. The Hall–Kier alpha value is -2.25. The molecule has 1 fully saturated rings. The molecule has 2 aromatic heterocycles. The third-order valence-corrected chi connectivity index (χ3v) is 3.42. The van der Waals surface area contributed by atoms with Crippen molar-refractivity contribution >= 4 is 17.4 Å². The first-order valence-electron chi connectivity index (χ1n) is 5.66. The van der Waals surface area contributed by atoms with Gasteiger partial charge in [0.1, 0.15) is 0 Å². The van der Waals surface area contributed by atoms with E-state index in [1.54, 1.807) is 23.8 Å². The molecule has 2 aromatic rings. The number of nitrogens with zero attached hydrogens (tertiary/aromatic N) is 6. The monoisotopic (exact) mass is 248 g/mol. The molecule has 0 aromatic carbocycles. The number of carboxylic acids is 1. The van der Waals surface area contributed by atoms with Gasteiger partial charge in [-0.15, -0.1) is 5.10 Å². The molecular formula is C10H12N6O2. The minimum Gasteiger partial charge on any atom is -0.481 e. The molecule has 0 saturated carbocycles. The van der Waals surface area contributed by atoms with Crippen molar-refractivity contribution in [2.24, 2.45) is 11.8 Å². The average Bonchev–Trinajstić information content (AvgIpc) is 2.75. The Labute approximate surface area is 102 Å². The van der Waals surface area contributed by atoms with Crippen LogP contribution in [0.1, 0.15) is 6.92 Å². The Kier molecular flexibility index (Phi) is 2.35. The standard InChI is InChI=1S/C10H12N6O2/c1-6(10(17)18)7-4-15(5-7)9-3-11-2-8-12-13-14-16(8)9/h2-3,6-7H,4-5H2,1H3,(H,17,18). The van der Waals surface area contributed by atoms with Crippen molar-refractivity contribution in [3.05, 3.63) is 12.4 Å². The highest BCUT2D eigenvalue weighted by Gasteiger charge is 2.35. The van der Waals surface area contributed by atoms with Crippen LogP contribution in [0.5, 0.6) is 0 Å². The molecule has 0 bridgehead atoms. The second kappa shape index (κ2) is 3.90. The van der Waals surface area contributed by atoms with Gasteiger partial charge in [-0.05, 0) is 10.4 Å². The number of hydrogen-bond acceptors (Lipinski definition) is 6. The number of rotatable bonds is 3. The number of aromatic nitrogens is 5. The van der Waals surface area contributed by atoms with Gasteiger partial charge in [-0.25, -0.2) is 0 Å². The third-order valence-electron chi connectivity index (χ3n) is 3.42. The fraction of sp³-hybridized carbons (Fsp3) is 0.500. The molecule has 3 heterocycles. The summed E-state index contributed by atoms with van der Waals surface area (Å²) in [5.74, 6) is -0.124. The summed E-state index contributed by atoms with van der Waals surface area (Å²) in [6.45, 7) is 3.11. The van der Waals surface area contributed by atoms with Gasteiger partial charge in [0.2, 0.25) is 0 Å². The van der Waals surface area contributed by atoms with Crippen LogP contribution in [0.15, 0.2) is 12.4 Å². The van der Waals surface area contributed by atoms with Crippen LogP contribution in [0.2, 0.25) is 0 Å². The molecule has 18 heavy (non-hydrogen) atoms. The van der Waals surface area contributed by atoms with Crippen LogP contribution in [0.25, 0.3) is 5.65 Å². The summed E-state index contributed by atoms with van der Waals surface area (Å²) in [5.41, 5.74) is 0.585. The van der Waals surface area contributed by atoms with Crippen LogP contribution in [0.3, 0.4) is 0 Å². The van der Waals surface area contributed by atoms with Crippen molar-refractivity contribution in [3.63, 3.8) is 0 Å². The van der Waals surface area contributed by atoms with Crippen molar-refractivity contribution in [3.8, 4) is 0 Å². The molecule has 8 heteroatoms. The molecule has 0 radical (unpaired) electrons. The summed E-state index contributed by atoms with van der Waals surface area (Å²) in [7, 11) is 0. The number of fused-ring (bicyclic) bond motifs is 1. The second-order valence-electron chi connectivity index (χ2n) is 4.51. The molecular weight excluding hydrogens is 236 g/mol. The minimum atomic E-state index is -0.751. The van der Waals surface area contributed by atoms with Crippen LogP contribution >= 0.6 is 0 Å². The van der Waals surface area contributed by atoms with Crippen molar-refractivity contribution in [2.75, 3.05) is 18.0 Å². The van der Waals surface area contributed by atoms with E-state index in [0.29, 0.717) is 18.7 Å². The van der Waals surface area contributed by atoms with Crippen LogP contribution in [-0.4, -0.2) is 49.2 Å². The van der Waals surface area contributed by atoms with Crippen LogP contribution in [0.4, 0.5) is 5.82 Å². The molecule has 0 amide bonds. The highest BCUT2D eigenvalue weighted by atomic mass is 16.4. The molecule has 3 rings (SSSR count). The molecule has 8 nitrogen and oxygen atoms in total.